The Morgan fingerprint density at radius 2 is 1.58 bits per heavy atom. The van der Waals surface area contributed by atoms with Crippen molar-refractivity contribution in [2.24, 2.45) is 0 Å². The molecule has 0 aliphatic carbocycles. The molecule has 0 radical (unpaired) electrons. The second kappa shape index (κ2) is 11.2. The zero-order valence-electron chi connectivity index (χ0n) is 18.3. The number of amides is 1. The summed E-state index contributed by atoms with van der Waals surface area (Å²) in [7, 11) is 4.72. The fourth-order valence-corrected chi connectivity index (χ4v) is 3.91. The van der Waals surface area contributed by atoms with Crippen molar-refractivity contribution in [1.82, 2.24) is 15.1 Å². The zero-order valence-corrected chi connectivity index (χ0v) is 19.1. The minimum Gasteiger partial charge on any atom is -0.493 e. The Balaban J connectivity index is 1.45. The SMILES string of the molecule is COc1cc(CNC(=O)CN2CCN(Cc3cccc(Cl)c3)CC2)cc(OC)c1OC. The fourth-order valence-electron chi connectivity index (χ4n) is 3.70. The maximum absolute atomic E-state index is 12.5. The van der Waals surface area contributed by atoms with Gasteiger partial charge in [0.05, 0.1) is 27.9 Å². The smallest absolute Gasteiger partial charge is 0.234 e. The number of ether oxygens (including phenoxy) is 3. The molecule has 3 rings (SSSR count). The molecular weight excluding hydrogens is 418 g/mol. The molecule has 7 nitrogen and oxygen atoms in total. The molecule has 0 saturated carbocycles. The number of hydrogen-bond donors (Lipinski definition) is 1. The van der Waals surface area contributed by atoms with Gasteiger partial charge in [-0.1, -0.05) is 23.7 Å². The van der Waals surface area contributed by atoms with Gasteiger partial charge in [-0.05, 0) is 35.4 Å². The van der Waals surface area contributed by atoms with Gasteiger partial charge in [-0.25, -0.2) is 0 Å². The van der Waals surface area contributed by atoms with Crippen LogP contribution in [0, 0.1) is 0 Å². The van der Waals surface area contributed by atoms with Crippen LogP contribution in [0.2, 0.25) is 5.02 Å². The first-order valence-electron chi connectivity index (χ1n) is 10.3. The molecule has 31 heavy (non-hydrogen) atoms. The van der Waals surface area contributed by atoms with Crippen molar-refractivity contribution in [3.05, 3.63) is 52.5 Å². The minimum atomic E-state index is -0.00274. The zero-order chi connectivity index (χ0) is 22.2. The van der Waals surface area contributed by atoms with Crippen molar-refractivity contribution >= 4 is 17.5 Å². The maximum atomic E-state index is 12.5. The molecule has 1 amide bonds. The monoisotopic (exact) mass is 447 g/mol. The highest BCUT2D eigenvalue weighted by Gasteiger charge is 2.19. The van der Waals surface area contributed by atoms with E-state index in [9.17, 15) is 4.79 Å². The van der Waals surface area contributed by atoms with Crippen LogP contribution in [0.4, 0.5) is 0 Å². The van der Waals surface area contributed by atoms with E-state index >= 15 is 0 Å². The Hall–Kier alpha value is -2.48. The Morgan fingerprint density at radius 3 is 2.16 bits per heavy atom. The molecule has 0 spiro atoms. The summed E-state index contributed by atoms with van der Waals surface area (Å²) in [6.45, 7) is 5.22. The summed E-state index contributed by atoms with van der Waals surface area (Å²) in [5, 5.41) is 3.75. The van der Waals surface area contributed by atoms with Crippen molar-refractivity contribution in [1.29, 1.82) is 0 Å². The molecule has 1 saturated heterocycles. The van der Waals surface area contributed by atoms with E-state index in [1.807, 2.05) is 30.3 Å². The average Bonchev–Trinajstić information content (AvgIpc) is 2.78. The predicted octanol–water partition coefficient (Wildman–Crippen LogP) is 2.80. The highest BCUT2D eigenvalue weighted by Crippen LogP contribution is 2.38. The Labute approximate surface area is 188 Å². The van der Waals surface area contributed by atoms with Gasteiger partial charge in [0.1, 0.15) is 0 Å². The summed E-state index contributed by atoms with van der Waals surface area (Å²) < 4.78 is 16.1. The number of halogens is 1. The molecule has 1 aliphatic rings. The lowest BCUT2D eigenvalue weighted by atomic mass is 10.1. The summed E-state index contributed by atoms with van der Waals surface area (Å²) in [5.41, 5.74) is 2.10. The summed E-state index contributed by atoms with van der Waals surface area (Å²) in [6, 6.07) is 11.7. The van der Waals surface area contributed by atoms with Crippen LogP contribution in [0.15, 0.2) is 36.4 Å². The molecule has 1 N–H and O–H groups in total. The van der Waals surface area contributed by atoms with Crippen LogP contribution in [0.3, 0.4) is 0 Å². The van der Waals surface area contributed by atoms with Gasteiger partial charge < -0.3 is 19.5 Å². The van der Waals surface area contributed by atoms with E-state index in [0.717, 1.165) is 43.3 Å². The van der Waals surface area contributed by atoms with E-state index in [0.29, 0.717) is 30.3 Å². The van der Waals surface area contributed by atoms with Crippen molar-refractivity contribution in [3.63, 3.8) is 0 Å². The van der Waals surface area contributed by atoms with Crippen LogP contribution >= 0.6 is 11.6 Å². The van der Waals surface area contributed by atoms with Gasteiger partial charge in [0.2, 0.25) is 11.7 Å². The highest BCUT2D eigenvalue weighted by molar-refractivity contribution is 6.30. The van der Waals surface area contributed by atoms with Crippen molar-refractivity contribution in [2.75, 3.05) is 54.1 Å². The van der Waals surface area contributed by atoms with Gasteiger partial charge in [0, 0.05) is 44.3 Å². The molecule has 0 bridgehead atoms. The molecule has 1 heterocycles. The van der Waals surface area contributed by atoms with E-state index in [2.05, 4.69) is 21.2 Å². The molecular formula is C23H30ClN3O4. The lowest BCUT2D eigenvalue weighted by molar-refractivity contribution is -0.122. The van der Waals surface area contributed by atoms with Crippen molar-refractivity contribution in [2.45, 2.75) is 13.1 Å². The van der Waals surface area contributed by atoms with Gasteiger partial charge in [-0.15, -0.1) is 0 Å². The van der Waals surface area contributed by atoms with Crippen molar-refractivity contribution in [3.8, 4) is 17.2 Å². The third kappa shape index (κ3) is 6.50. The number of piperazine rings is 1. The van der Waals surface area contributed by atoms with Crippen LogP contribution in [-0.2, 0) is 17.9 Å². The van der Waals surface area contributed by atoms with Gasteiger partial charge >= 0.3 is 0 Å². The largest absolute Gasteiger partial charge is 0.493 e. The second-order valence-corrected chi connectivity index (χ2v) is 7.93. The standard InChI is InChI=1S/C23H30ClN3O4/c1-29-20-12-18(13-21(30-2)23(20)31-3)14-25-22(28)16-27-9-7-26(8-10-27)15-17-5-4-6-19(24)11-17/h4-6,11-13H,7-10,14-16H2,1-3H3,(H,25,28). The molecule has 0 aromatic heterocycles. The first-order valence-corrected chi connectivity index (χ1v) is 10.6. The maximum Gasteiger partial charge on any atom is 0.234 e. The number of nitrogens with zero attached hydrogens (tertiary/aromatic N) is 2. The van der Waals surface area contributed by atoms with Crippen LogP contribution in [0.25, 0.3) is 0 Å². The van der Waals surface area contributed by atoms with Gasteiger partial charge in [-0.2, -0.15) is 0 Å². The van der Waals surface area contributed by atoms with Crippen molar-refractivity contribution < 1.29 is 19.0 Å². The molecule has 0 atom stereocenters. The lowest BCUT2D eigenvalue weighted by Gasteiger charge is -2.34. The molecule has 2 aromatic rings. The van der Waals surface area contributed by atoms with Gasteiger partial charge in [0.25, 0.3) is 0 Å². The lowest BCUT2D eigenvalue weighted by Crippen LogP contribution is -2.49. The summed E-state index contributed by atoms with van der Waals surface area (Å²) in [5.74, 6) is 1.68. The van der Waals surface area contributed by atoms with E-state index in [-0.39, 0.29) is 5.91 Å². The highest BCUT2D eigenvalue weighted by atomic mass is 35.5. The van der Waals surface area contributed by atoms with E-state index in [1.165, 1.54) is 5.56 Å². The molecule has 1 aliphatic heterocycles. The summed E-state index contributed by atoms with van der Waals surface area (Å²) in [4.78, 5) is 17.0. The first-order chi connectivity index (χ1) is 15.0. The second-order valence-electron chi connectivity index (χ2n) is 7.49. The molecule has 1 fully saturated rings. The predicted molar refractivity (Wildman–Crippen MR) is 121 cm³/mol. The summed E-state index contributed by atoms with van der Waals surface area (Å²) >= 11 is 6.07. The quantitative estimate of drug-likeness (QED) is 0.637. The number of rotatable bonds is 9. The first kappa shape index (κ1) is 23.2. The molecule has 168 valence electrons. The fraction of sp³-hybridized carbons (Fsp3) is 0.435. The number of carbonyl (C=O) groups is 1. The number of hydrogen-bond acceptors (Lipinski definition) is 6. The number of methoxy groups -OCH3 is 3. The minimum absolute atomic E-state index is 0.00274. The number of nitrogens with one attached hydrogen (secondary N) is 1. The Kier molecular flexibility index (Phi) is 8.40. The van der Waals surface area contributed by atoms with Crippen LogP contribution in [-0.4, -0.2) is 69.8 Å². The van der Waals surface area contributed by atoms with Crippen LogP contribution in [0.1, 0.15) is 11.1 Å². The molecule has 8 heteroatoms. The normalized spacial score (nSPS) is 14.8. The number of benzene rings is 2. The third-order valence-corrected chi connectivity index (χ3v) is 5.58. The Morgan fingerprint density at radius 1 is 0.935 bits per heavy atom. The van der Waals surface area contributed by atoms with Gasteiger partial charge in [0.15, 0.2) is 11.5 Å². The molecule has 0 unspecified atom stereocenters. The van der Waals surface area contributed by atoms with E-state index in [4.69, 9.17) is 25.8 Å². The topological polar surface area (TPSA) is 63.3 Å². The van der Waals surface area contributed by atoms with E-state index in [1.54, 1.807) is 21.3 Å². The Bertz CT molecular complexity index is 860. The van der Waals surface area contributed by atoms with Crippen LogP contribution in [0.5, 0.6) is 17.2 Å². The average molecular weight is 448 g/mol. The van der Waals surface area contributed by atoms with Crippen LogP contribution < -0.4 is 19.5 Å². The molecule has 2 aromatic carbocycles. The number of carbonyl (C=O) groups excluding carboxylic acids is 1. The van der Waals surface area contributed by atoms with Gasteiger partial charge in [-0.3, -0.25) is 14.6 Å². The third-order valence-electron chi connectivity index (χ3n) is 5.34. The summed E-state index contributed by atoms with van der Waals surface area (Å²) in [6.07, 6.45) is 0. The van der Waals surface area contributed by atoms with E-state index < -0.39 is 0 Å².